The fraction of sp³-hybridized carbons (Fsp3) is 0.139. The van der Waals surface area contributed by atoms with E-state index in [4.69, 9.17) is 21.4 Å². The molecule has 0 radical (unpaired) electrons. The van der Waals surface area contributed by atoms with E-state index in [0.29, 0.717) is 45.6 Å². The van der Waals surface area contributed by atoms with Crippen LogP contribution < -0.4 is 16.2 Å². The van der Waals surface area contributed by atoms with Gasteiger partial charge in [0.05, 0.1) is 11.4 Å². The summed E-state index contributed by atoms with van der Waals surface area (Å²) in [6.45, 7) is 3.99. The third-order valence-electron chi connectivity index (χ3n) is 7.36. The number of nitrogens with one attached hydrogen (secondary N) is 1. The Balaban J connectivity index is 1.39. The third-order valence-corrected chi connectivity index (χ3v) is 8.18. The van der Waals surface area contributed by atoms with Crippen LogP contribution in [0.25, 0.3) is 11.3 Å². The van der Waals surface area contributed by atoms with Gasteiger partial charge in [0, 0.05) is 35.1 Å². The van der Waals surface area contributed by atoms with E-state index >= 15 is 0 Å². The molecule has 0 bridgehead atoms. The normalized spacial score (nSPS) is 12.4. The first-order valence-corrected chi connectivity index (χ1v) is 15.9. The number of aromatic nitrogens is 1. The van der Waals surface area contributed by atoms with Gasteiger partial charge in [-0.15, -0.1) is 13.2 Å². The first-order valence-electron chi connectivity index (χ1n) is 14.9. The van der Waals surface area contributed by atoms with Gasteiger partial charge in [-0.3, -0.25) is 0 Å². The molecule has 250 valence electrons. The largest absolute Gasteiger partial charge is 0.573 e. The molecule has 0 aliphatic carbocycles. The van der Waals surface area contributed by atoms with E-state index in [0.717, 1.165) is 45.6 Å². The number of hydrogen-bond donors (Lipinski definition) is 3. The Labute approximate surface area is 285 Å². The lowest BCUT2D eigenvalue weighted by Gasteiger charge is -2.10. The van der Waals surface area contributed by atoms with Crippen LogP contribution in [0.4, 0.5) is 24.5 Å². The molecule has 0 amide bonds. The summed E-state index contributed by atoms with van der Waals surface area (Å²) < 4.78 is 47.1. The number of benzene rings is 4. The number of aliphatic imine (C=N–C) groups is 3. The van der Waals surface area contributed by atoms with Crippen molar-refractivity contribution >= 4 is 46.7 Å². The van der Waals surface area contributed by atoms with Gasteiger partial charge in [-0.05, 0) is 66.4 Å². The zero-order valence-corrected chi connectivity index (χ0v) is 27.3. The smallest absolute Gasteiger partial charge is 0.406 e. The lowest BCUT2D eigenvalue weighted by Crippen LogP contribution is -2.16. The van der Waals surface area contributed by atoms with E-state index in [-0.39, 0.29) is 11.6 Å². The predicted molar refractivity (Wildman–Crippen MR) is 190 cm³/mol. The van der Waals surface area contributed by atoms with Crippen molar-refractivity contribution in [1.29, 1.82) is 5.41 Å². The van der Waals surface area contributed by atoms with Crippen molar-refractivity contribution in [3.05, 3.63) is 130 Å². The Kier molecular flexibility index (Phi) is 10.9. The molecule has 1 aromatic heterocycles. The molecule has 4 aromatic carbocycles. The van der Waals surface area contributed by atoms with E-state index in [9.17, 15) is 13.2 Å². The number of nitrogens with two attached hydrogens (primary N) is 2. The lowest BCUT2D eigenvalue weighted by atomic mass is 9.98. The van der Waals surface area contributed by atoms with Gasteiger partial charge >= 0.3 is 6.36 Å². The van der Waals surface area contributed by atoms with E-state index < -0.39 is 6.36 Å². The maximum absolute atomic E-state index is 12.4. The van der Waals surface area contributed by atoms with Gasteiger partial charge in [-0.1, -0.05) is 77.6 Å². The van der Waals surface area contributed by atoms with Gasteiger partial charge in [-0.2, -0.15) is 0 Å². The van der Waals surface area contributed by atoms with Gasteiger partial charge in [0.2, 0.25) is 0 Å². The first kappa shape index (κ1) is 34.6. The second-order valence-electron chi connectivity index (χ2n) is 10.8. The quantitative estimate of drug-likeness (QED) is 0.0941. The van der Waals surface area contributed by atoms with E-state index in [2.05, 4.69) is 24.9 Å². The summed E-state index contributed by atoms with van der Waals surface area (Å²) in [5, 5.41) is 12.8. The molecule has 0 aliphatic heterocycles. The summed E-state index contributed by atoms with van der Waals surface area (Å²) in [5.74, 6) is 0.826. The molecule has 0 unspecified atom stereocenters. The minimum Gasteiger partial charge on any atom is -0.406 e. The second kappa shape index (κ2) is 15.5. The number of halogens is 3. The summed E-state index contributed by atoms with van der Waals surface area (Å²) in [4.78, 5) is 13.0. The van der Waals surface area contributed by atoms with Crippen LogP contribution in [-0.4, -0.2) is 35.1 Å². The molecule has 5 N–H and O–H groups in total. The molecule has 5 aromatic rings. The van der Waals surface area contributed by atoms with Crippen molar-refractivity contribution in [2.75, 3.05) is 0 Å². The number of amidine groups is 2. The van der Waals surface area contributed by atoms with Crippen LogP contribution in [0, 0.1) is 19.3 Å². The Hall–Kier alpha value is -5.69. The standard InChI is InChI=1S/C36H32F3N7O2S/c1-22-7-6-8-23(2)32(22)45-35(42)49-20-30-31(48-46-33(30)24-9-4-3-5-10-24)18-27-17-25(11-12-26(27)19-40)34(41)44-21-43-28-13-15-29(16-14-28)47-36(37,38)39/h3-17,19,21,40H,18,20H2,1-2H3,(H2,42,45)(H2,41,43,44). The Morgan fingerprint density at radius 3 is 2.35 bits per heavy atom. The minimum absolute atomic E-state index is 0.146. The first-order chi connectivity index (χ1) is 23.5. The average Bonchev–Trinajstić information content (AvgIpc) is 3.48. The SMILES string of the molecule is Cc1cccc(C)c1N=C(N)SCc1c(-c2ccccc2)noc1Cc1cc(C(N)=NC=Nc2ccc(OC(F)(F)F)cc2)ccc1C=N. The third kappa shape index (κ3) is 9.23. The summed E-state index contributed by atoms with van der Waals surface area (Å²) in [5.41, 5.74) is 20.3. The Bertz CT molecular complexity index is 2000. The topological polar surface area (TPSA) is 148 Å². The van der Waals surface area contributed by atoms with Crippen molar-refractivity contribution in [3.8, 4) is 17.0 Å². The molecule has 5 rings (SSSR count). The molecule has 0 saturated heterocycles. The number of rotatable bonds is 11. The molecule has 0 spiro atoms. The Morgan fingerprint density at radius 1 is 0.959 bits per heavy atom. The number of ether oxygens (including phenoxy) is 1. The summed E-state index contributed by atoms with van der Waals surface area (Å²) in [7, 11) is 0. The molecular weight excluding hydrogens is 652 g/mol. The predicted octanol–water partition coefficient (Wildman–Crippen LogP) is 8.39. The molecule has 0 atom stereocenters. The monoisotopic (exact) mass is 683 g/mol. The number of hydrogen-bond acceptors (Lipinski definition) is 7. The van der Waals surface area contributed by atoms with E-state index in [1.165, 1.54) is 36.4 Å². The summed E-state index contributed by atoms with van der Waals surface area (Å²) >= 11 is 1.38. The number of alkyl halides is 3. The number of para-hydroxylation sites is 1. The van der Waals surface area contributed by atoms with Crippen molar-refractivity contribution < 1.29 is 22.4 Å². The van der Waals surface area contributed by atoms with E-state index in [1.807, 2.05) is 68.4 Å². The minimum atomic E-state index is -4.78. The zero-order chi connectivity index (χ0) is 35.0. The van der Waals surface area contributed by atoms with Crippen LogP contribution in [0.1, 0.15) is 39.1 Å². The van der Waals surface area contributed by atoms with Crippen molar-refractivity contribution in [2.24, 2.45) is 26.4 Å². The maximum Gasteiger partial charge on any atom is 0.573 e. The van der Waals surface area contributed by atoms with Crippen LogP contribution in [0.3, 0.4) is 0 Å². The second-order valence-corrected chi connectivity index (χ2v) is 11.8. The summed E-state index contributed by atoms with van der Waals surface area (Å²) in [6.07, 6.45) is -2.02. The maximum atomic E-state index is 12.4. The van der Waals surface area contributed by atoms with Crippen molar-refractivity contribution in [2.45, 2.75) is 32.4 Å². The van der Waals surface area contributed by atoms with Gasteiger partial charge < -0.3 is 26.1 Å². The number of aryl methyl sites for hydroxylation is 2. The number of thioether (sulfide) groups is 1. The van der Waals surface area contributed by atoms with Gasteiger partial charge in [0.25, 0.3) is 0 Å². The zero-order valence-electron chi connectivity index (χ0n) is 26.5. The van der Waals surface area contributed by atoms with Crippen LogP contribution in [0.2, 0.25) is 0 Å². The van der Waals surface area contributed by atoms with Gasteiger partial charge in [0.15, 0.2) is 5.17 Å². The van der Waals surface area contributed by atoms with Crippen molar-refractivity contribution in [3.63, 3.8) is 0 Å². The fourth-order valence-corrected chi connectivity index (χ4v) is 5.67. The highest BCUT2D eigenvalue weighted by atomic mass is 32.2. The Morgan fingerprint density at radius 2 is 1.67 bits per heavy atom. The fourth-order valence-electron chi connectivity index (χ4n) is 4.92. The lowest BCUT2D eigenvalue weighted by molar-refractivity contribution is -0.274. The number of nitrogens with zero attached hydrogens (tertiary/aromatic N) is 4. The highest BCUT2D eigenvalue weighted by Gasteiger charge is 2.31. The van der Waals surface area contributed by atoms with Crippen LogP contribution in [-0.2, 0) is 12.2 Å². The van der Waals surface area contributed by atoms with Gasteiger partial charge in [0.1, 0.15) is 29.4 Å². The average molecular weight is 684 g/mol. The van der Waals surface area contributed by atoms with E-state index in [1.54, 1.807) is 12.1 Å². The van der Waals surface area contributed by atoms with Crippen LogP contribution in [0.5, 0.6) is 5.75 Å². The van der Waals surface area contributed by atoms with Crippen molar-refractivity contribution in [1.82, 2.24) is 5.16 Å². The molecule has 49 heavy (non-hydrogen) atoms. The molecule has 1 heterocycles. The molecule has 13 heteroatoms. The highest BCUT2D eigenvalue weighted by molar-refractivity contribution is 8.13. The highest BCUT2D eigenvalue weighted by Crippen LogP contribution is 2.32. The molecule has 9 nitrogen and oxygen atoms in total. The molecule has 0 fully saturated rings. The van der Waals surface area contributed by atoms with Crippen LogP contribution >= 0.6 is 11.8 Å². The van der Waals surface area contributed by atoms with Gasteiger partial charge in [-0.25, -0.2) is 15.0 Å². The molecule has 0 saturated carbocycles. The van der Waals surface area contributed by atoms with Crippen LogP contribution in [0.15, 0.2) is 110 Å². The molecule has 0 aliphatic rings. The molecular formula is C36H32F3N7O2S. The summed E-state index contributed by atoms with van der Waals surface area (Å²) in [6, 6.07) is 26.0.